The third-order valence-corrected chi connectivity index (χ3v) is 7.55. The van der Waals surface area contributed by atoms with Gasteiger partial charge in [0.1, 0.15) is 9.84 Å². The second-order valence-corrected chi connectivity index (χ2v) is 12.4. The minimum Gasteiger partial charge on any atom is -0.475 e. The molecule has 194 valence electrons. The van der Waals surface area contributed by atoms with Crippen molar-refractivity contribution in [3.63, 3.8) is 0 Å². The van der Waals surface area contributed by atoms with E-state index < -0.39 is 22.0 Å². The highest BCUT2D eigenvalue weighted by Crippen LogP contribution is 2.36. The number of piperidine rings is 1. The number of dihydropyridines is 1. The molecule has 1 atom stereocenters. The Kier molecular flexibility index (Phi) is 9.37. The molecule has 0 spiro atoms. The molecule has 0 aromatic rings. The molecule has 3 N–H and O–H groups in total. The fourth-order valence-electron chi connectivity index (χ4n) is 4.35. The highest BCUT2D eigenvalue weighted by atomic mass is 32.2. The molecule has 34 heavy (non-hydrogen) atoms. The smallest absolute Gasteiger partial charge is 0.475 e. The number of carboxylic acids is 1. The molecule has 0 saturated carbocycles. The van der Waals surface area contributed by atoms with Crippen LogP contribution >= 0.6 is 0 Å². The first-order valence-electron chi connectivity index (χ1n) is 11.5. The Morgan fingerprint density at radius 3 is 2.32 bits per heavy atom. The lowest BCUT2D eigenvalue weighted by molar-refractivity contribution is -0.192. The van der Waals surface area contributed by atoms with E-state index in [4.69, 9.17) is 20.6 Å². The van der Waals surface area contributed by atoms with Crippen LogP contribution in [0.4, 0.5) is 13.2 Å². The summed E-state index contributed by atoms with van der Waals surface area (Å²) in [7, 11) is -2.88. The summed E-state index contributed by atoms with van der Waals surface area (Å²) in [6, 6.07) is 0.320. The molecule has 2 aliphatic heterocycles. The van der Waals surface area contributed by atoms with Gasteiger partial charge in [-0.1, -0.05) is 26.0 Å². The van der Waals surface area contributed by atoms with Crippen LogP contribution < -0.4 is 5.73 Å². The van der Waals surface area contributed by atoms with Crippen molar-refractivity contribution in [2.24, 2.45) is 22.1 Å². The van der Waals surface area contributed by atoms with E-state index >= 15 is 0 Å². The first kappa shape index (κ1) is 28.4. The summed E-state index contributed by atoms with van der Waals surface area (Å²) < 4.78 is 54.5. The maximum Gasteiger partial charge on any atom is 0.490 e. The zero-order valence-electron chi connectivity index (χ0n) is 20.1. The standard InChI is InChI=1S/C21H35N3O2S.C2HF3O2/c1-21(2)10-6-17(7-11-21)20-18(22)4-5-19(23-20)16-8-12-24(13-9-16)14-15-27(3,25)26;3-2(4,5)1(6)7/h4,6,16,19H,5,7-15,22H2,1-3H3;(H,6,7). The van der Waals surface area contributed by atoms with Gasteiger partial charge in [0, 0.05) is 12.8 Å². The first-order chi connectivity index (χ1) is 15.6. The van der Waals surface area contributed by atoms with Crippen molar-refractivity contribution >= 4 is 21.5 Å². The van der Waals surface area contributed by atoms with Crippen LogP contribution in [0.15, 0.2) is 28.4 Å². The van der Waals surface area contributed by atoms with Gasteiger partial charge in [-0.3, -0.25) is 4.99 Å². The number of carbonyl (C=O) groups is 1. The monoisotopic (exact) mass is 507 g/mol. The summed E-state index contributed by atoms with van der Waals surface area (Å²) in [5, 5.41) is 7.12. The average molecular weight is 508 g/mol. The summed E-state index contributed by atoms with van der Waals surface area (Å²) in [4.78, 5) is 16.3. The zero-order valence-corrected chi connectivity index (χ0v) is 20.9. The summed E-state index contributed by atoms with van der Waals surface area (Å²) >= 11 is 0. The van der Waals surface area contributed by atoms with E-state index in [1.165, 1.54) is 18.2 Å². The van der Waals surface area contributed by atoms with E-state index in [1.807, 2.05) is 0 Å². The van der Waals surface area contributed by atoms with Crippen molar-refractivity contribution in [2.75, 3.05) is 31.6 Å². The quantitative estimate of drug-likeness (QED) is 0.588. The number of allylic oxidation sites excluding steroid dienone is 2. The number of halogens is 3. The molecule has 1 unspecified atom stereocenters. The first-order valence-corrected chi connectivity index (χ1v) is 13.6. The topological polar surface area (TPSA) is 113 Å². The van der Waals surface area contributed by atoms with Gasteiger partial charge in [-0.15, -0.1) is 0 Å². The average Bonchev–Trinajstić information content (AvgIpc) is 2.73. The Labute approximate surface area is 199 Å². The van der Waals surface area contributed by atoms with E-state index in [-0.39, 0.29) is 5.75 Å². The summed E-state index contributed by atoms with van der Waals surface area (Å²) in [6.45, 7) is 7.24. The third-order valence-electron chi connectivity index (χ3n) is 6.62. The molecule has 3 aliphatic rings. The largest absolute Gasteiger partial charge is 0.490 e. The number of hydrogen-bond donors (Lipinski definition) is 2. The molecule has 7 nitrogen and oxygen atoms in total. The highest BCUT2D eigenvalue weighted by molar-refractivity contribution is 7.90. The van der Waals surface area contributed by atoms with Crippen molar-refractivity contribution in [1.82, 2.24) is 4.90 Å². The van der Waals surface area contributed by atoms with Gasteiger partial charge in [0.05, 0.1) is 23.2 Å². The number of nitrogens with two attached hydrogens (primary N) is 1. The number of nitrogens with zero attached hydrogens (tertiary/aromatic N) is 2. The second-order valence-electron chi connectivity index (χ2n) is 10.1. The van der Waals surface area contributed by atoms with Crippen LogP contribution in [0.3, 0.4) is 0 Å². The predicted molar refractivity (Wildman–Crippen MR) is 126 cm³/mol. The number of alkyl halides is 3. The number of sulfone groups is 1. The molecule has 11 heteroatoms. The van der Waals surface area contributed by atoms with E-state index in [9.17, 15) is 21.6 Å². The number of aliphatic imine (C=N–C) groups is 1. The number of carboxylic acid groups (broad SMARTS) is 1. The van der Waals surface area contributed by atoms with Crippen molar-refractivity contribution in [3.8, 4) is 0 Å². The molecule has 3 rings (SSSR count). The van der Waals surface area contributed by atoms with Gasteiger partial charge < -0.3 is 15.7 Å². The van der Waals surface area contributed by atoms with Gasteiger partial charge in [-0.05, 0) is 68.5 Å². The minimum absolute atomic E-state index is 0.257. The fraction of sp³-hybridized carbons (Fsp3) is 0.739. The predicted octanol–water partition coefficient (Wildman–Crippen LogP) is 3.57. The van der Waals surface area contributed by atoms with E-state index in [0.717, 1.165) is 56.6 Å². The molecule has 0 aromatic carbocycles. The van der Waals surface area contributed by atoms with Gasteiger partial charge in [0.15, 0.2) is 0 Å². The normalized spacial score (nSPS) is 24.3. The fourth-order valence-corrected chi connectivity index (χ4v) is 4.94. The lowest BCUT2D eigenvalue weighted by Gasteiger charge is -2.36. The molecule has 0 bridgehead atoms. The lowest BCUT2D eigenvalue weighted by atomic mass is 9.76. The van der Waals surface area contributed by atoms with E-state index in [1.54, 1.807) is 0 Å². The molecule has 1 fully saturated rings. The lowest BCUT2D eigenvalue weighted by Crippen LogP contribution is -2.40. The molecule has 2 heterocycles. The maximum atomic E-state index is 11.4. The number of rotatable bonds is 5. The number of hydrogen-bond acceptors (Lipinski definition) is 6. The maximum absolute atomic E-state index is 11.4. The molecule has 0 amide bonds. The molecular weight excluding hydrogens is 471 g/mol. The van der Waals surface area contributed by atoms with Crippen molar-refractivity contribution < 1.29 is 31.5 Å². The highest BCUT2D eigenvalue weighted by Gasteiger charge is 2.38. The van der Waals surface area contributed by atoms with E-state index in [2.05, 4.69) is 30.9 Å². The summed E-state index contributed by atoms with van der Waals surface area (Å²) in [5.74, 6) is -1.93. The van der Waals surface area contributed by atoms with Gasteiger partial charge >= 0.3 is 12.1 Å². The Hall–Kier alpha value is -1.88. The van der Waals surface area contributed by atoms with Gasteiger partial charge in [-0.2, -0.15) is 13.2 Å². The third kappa shape index (κ3) is 9.05. The van der Waals surface area contributed by atoms with Crippen LogP contribution in [-0.4, -0.2) is 74.0 Å². The van der Waals surface area contributed by atoms with Crippen molar-refractivity contribution in [2.45, 2.75) is 64.6 Å². The van der Waals surface area contributed by atoms with Crippen LogP contribution in [0, 0.1) is 11.3 Å². The van der Waals surface area contributed by atoms with Crippen LogP contribution in [0.2, 0.25) is 0 Å². The molecular formula is C23H36F3N3O4S. The Morgan fingerprint density at radius 1 is 1.26 bits per heavy atom. The van der Waals surface area contributed by atoms with Gasteiger partial charge in [0.2, 0.25) is 0 Å². The summed E-state index contributed by atoms with van der Waals surface area (Å²) in [5.41, 5.74) is 9.90. The molecule has 0 aromatic heterocycles. The number of aliphatic carboxylic acids is 1. The van der Waals surface area contributed by atoms with Crippen LogP contribution in [0.1, 0.15) is 52.4 Å². The van der Waals surface area contributed by atoms with Crippen LogP contribution in [0.25, 0.3) is 0 Å². The molecule has 1 saturated heterocycles. The van der Waals surface area contributed by atoms with Gasteiger partial charge in [-0.25, -0.2) is 13.2 Å². The second kappa shape index (κ2) is 11.2. The Balaban J connectivity index is 0.000000509. The van der Waals surface area contributed by atoms with E-state index in [0.29, 0.717) is 23.9 Å². The van der Waals surface area contributed by atoms with Crippen LogP contribution in [-0.2, 0) is 14.6 Å². The molecule has 1 aliphatic carbocycles. The van der Waals surface area contributed by atoms with Crippen LogP contribution in [0.5, 0.6) is 0 Å². The SMILES string of the molecule is CC1(C)CC=C(C2=NC(C3CCN(CCS(C)(=O)=O)CC3)CC=C2N)CC1.O=C(O)C(F)(F)F. The zero-order chi connectivity index (χ0) is 25.7. The number of likely N-dealkylation sites (tertiary alicyclic amines) is 1. The Morgan fingerprint density at radius 2 is 1.85 bits per heavy atom. The van der Waals surface area contributed by atoms with Gasteiger partial charge in [0.25, 0.3) is 0 Å². The minimum atomic E-state index is -5.08. The summed E-state index contributed by atoms with van der Waals surface area (Å²) in [6.07, 6.45) is 7.21. The Bertz CT molecular complexity index is 932. The molecule has 0 radical (unpaired) electrons. The van der Waals surface area contributed by atoms with Crippen molar-refractivity contribution in [3.05, 3.63) is 23.4 Å². The van der Waals surface area contributed by atoms with Crippen molar-refractivity contribution in [1.29, 1.82) is 0 Å².